The third kappa shape index (κ3) is 3.06. The fraction of sp³-hybridized carbons (Fsp3) is 0.471. The number of anilines is 1. The van der Waals surface area contributed by atoms with Crippen molar-refractivity contribution in [3.05, 3.63) is 35.0 Å². The van der Waals surface area contributed by atoms with E-state index < -0.39 is 0 Å². The Hall–Kier alpha value is -1.57. The van der Waals surface area contributed by atoms with E-state index in [1.54, 1.807) is 0 Å². The number of pyridine rings is 1. The molecule has 0 aliphatic heterocycles. The molecule has 0 fully saturated rings. The van der Waals surface area contributed by atoms with E-state index in [4.69, 9.17) is 4.98 Å². The zero-order valence-corrected chi connectivity index (χ0v) is 12.7. The minimum Gasteiger partial charge on any atom is -0.385 e. The average Bonchev–Trinajstić information content (AvgIpc) is 2.26. The zero-order chi connectivity index (χ0) is 14.0. The van der Waals surface area contributed by atoms with Crippen LogP contribution in [-0.2, 0) is 6.42 Å². The van der Waals surface area contributed by atoms with E-state index in [1.165, 1.54) is 27.9 Å². The highest BCUT2D eigenvalue weighted by atomic mass is 14.9. The van der Waals surface area contributed by atoms with Gasteiger partial charge in [0.05, 0.1) is 5.52 Å². The van der Waals surface area contributed by atoms with Gasteiger partial charge in [0.25, 0.3) is 0 Å². The number of nitrogens with one attached hydrogen (secondary N) is 1. The summed E-state index contributed by atoms with van der Waals surface area (Å²) in [6.45, 7) is 11.8. The maximum atomic E-state index is 4.84. The van der Waals surface area contributed by atoms with Crippen LogP contribution < -0.4 is 5.32 Å². The van der Waals surface area contributed by atoms with Crippen molar-refractivity contribution in [2.75, 3.05) is 11.9 Å². The number of benzene rings is 1. The van der Waals surface area contributed by atoms with Gasteiger partial charge in [-0.25, -0.2) is 0 Å². The summed E-state index contributed by atoms with van der Waals surface area (Å²) in [5, 5.41) is 4.75. The predicted octanol–water partition coefficient (Wildman–Crippen LogP) is 4.48. The second kappa shape index (κ2) is 5.60. The molecule has 0 spiro atoms. The van der Waals surface area contributed by atoms with E-state index in [0.717, 1.165) is 18.5 Å². The van der Waals surface area contributed by atoms with Crippen LogP contribution in [0, 0.1) is 19.8 Å². The van der Waals surface area contributed by atoms with Crippen LogP contribution in [0.3, 0.4) is 0 Å². The van der Waals surface area contributed by atoms with E-state index in [0.29, 0.717) is 5.92 Å². The van der Waals surface area contributed by atoms with Gasteiger partial charge in [-0.2, -0.15) is 0 Å². The van der Waals surface area contributed by atoms with Crippen molar-refractivity contribution in [1.29, 1.82) is 0 Å². The van der Waals surface area contributed by atoms with E-state index in [9.17, 15) is 0 Å². The lowest BCUT2D eigenvalue weighted by Gasteiger charge is -2.14. The molecule has 0 atom stereocenters. The number of fused-ring (bicyclic) bond motifs is 1. The molecule has 0 aliphatic carbocycles. The standard InChI is InChI=1S/C17H24N2/c1-6-18-15-10-14(7-11(2)3)19-16-9-12(4)8-13(5)17(15)16/h8-11H,6-7H2,1-5H3,(H,18,19). The van der Waals surface area contributed by atoms with E-state index >= 15 is 0 Å². The first-order valence-electron chi connectivity index (χ1n) is 7.16. The maximum absolute atomic E-state index is 4.84. The van der Waals surface area contributed by atoms with Crippen molar-refractivity contribution in [2.45, 2.75) is 41.0 Å². The summed E-state index contributed by atoms with van der Waals surface area (Å²) in [7, 11) is 0. The molecule has 2 aromatic rings. The van der Waals surface area contributed by atoms with Gasteiger partial charge in [-0.05, 0) is 56.4 Å². The molecule has 0 bridgehead atoms. The van der Waals surface area contributed by atoms with E-state index in [-0.39, 0.29) is 0 Å². The van der Waals surface area contributed by atoms with E-state index in [2.05, 4.69) is 58.1 Å². The Balaban J connectivity index is 2.64. The Morgan fingerprint density at radius 1 is 1.16 bits per heavy atom. The minimum absolute atomic E-state index is 0.630. The van der Waals surface area contributed by atoms with Crippen LogP contribution in [0.25, 0.3) is 10.9 Å². The molecular formula is C17H24N2. The highest BCUT2D eigenvalue weighted by Gasteiger charge is 2.09. The number of hydrogen-bond acceptors (Lipinski definition) is 2. The van der Waals surface area contributed by atoms with Crippen LogP contribution in [0.1, 0.15) is 37.6 Å². The average molecular weight is 256 g/mol. The molecule has 2 rings (SSSR count). The molecule has 1 heterocycles. The molecule has 0 amide bonds. The third-order valence-electron chi connectivity index (χ3n) is 3.29. The first kappa shape index (κ1) is 13.9. The second-order valence-electron chi connectivity index (χ2n) is 5.77. The number of aromatic nitrogens is 1. The summed E-state index contributed by atoms with van der Waals surface area (Å²) < 4.78 is 0. The molecule has 0 radical (unpaired) electrons. The van der Waals surface area contributed by atoms with Crippen LogP contribution >= 0.6 is 0 Å². The van der Waals surface area contributed by atoms with Crippen molar-refractivity contribution in [3.63, 3.8) is 0 Å². The fourth-order valence-corrected chi connectivity index (χ4v) is 2.66. The molecule has 1 N–H and O–H groups in total. The van der Waals surface area contributed by atoms with Gasteiger partial charge in [0.2, 0.25) is 0 Å². The van der Waals surface area contributed by atoms with Crippen molar-refractivity contribution in [2.24, 2.45) is 5.92 Å². The summed E-state index contributed by atoms with van der Waals surface area (Å²) in [6.07, 6.45) is 1.03. The Bertz CT molecular complexity index is 585. The lowest BCUT2D eigenvalue weighted by molar-refractivity contribution is 0.637. The van der Waals surface area contributed by atoms with Crippen LogP contribution in [0.5, 0.6) is 0 Å². The number of rotatable bonds is 4. The Morgan fingerprint density at radius 2 is 1.89 bits per heavy atom. The lowest BCUT2D eigenvalue weighted by Crippen LogP contribution is -2.04. The van der Waals surface area contributed by atoms with Crippen molar-refractivity contribution in [1.82, 2.24) is 4.98 Å². The lowest BCUT2D eigenvalue weighted by atomic mass is 10.0. The predicted molar refractivity (Wildman–Crippen MR) is 83.9 cm³/mol. The third-order valence-corrected chi connectivity index (χ3v) is 3.29. The zero-order valence-electron chi connectivity index (χ0n) is 12.7. The second-order valence-corrected chi connectivity index (χ2v) is 5.77. The fourth-order valence-electron chi connectivity index (χ4n) is 2.66. The van der Waals surface area contributed by atoms with Gasteiger partial charge < -0.3 is 5.32 Å². The monoisotopic (exact) mass is 256 g/mol. The minimum atomic E-state index is 0.630. The molecule has 0 saturated carbocycles. The van der Waals surface area contributed by atoms with Crippen molar-refractivity contribution >= 4 is 16.6 Å². The van der Waals surface area contributed by atoms with Gasteiger partial charge >= 0.3 is 0 Å². The number of hydrogen-bond donors (Lipinski definition) is 1. The Kier molecular flexibility index (Phi) is 4.08. The number of nitrogens with zero attached hydrogens (tertiary/aromatic N) is 1. The van der Waals surface area contributed by atoms with Crippen molar-refractivity contribution in [3.8, 4) is 0 Å². The van der Waals surface area contributed by atoms with Gasteiger partial charge in [-0.3, -0.25) is 4.98 Å². The SMILES string of the molecule is CCNc1cc(CC(C)C)nc2cc(C)cc(C)c12. The highest BCUT2D eigenvalue weighted by Crippen LogP contribution is 2.28. The smallest absolute Gasteiger partial charge is 0.0731 e. The quantitative estimate of drug-likeness (QED) is 0.872. The Labute approximate surface area is 116 Å². The highest BCUT2D eigenvalue weighted by molar-refractivity contribution is 5.94. The van der Waals surface area contributed by atoms with Gasteiger partial charge in [0.15, 0.2) is 0 Å². The molecule has 1 aromatic carbocycles. The molecule has 0 unspecified atom stereocenters. The largest absolute Gasteiger partial charge is 0.385 e. The van der Waals surface area contributed by atoms with Crippen LogP contribution in [0.4, 0.5) is 5.69 Å². The molecule has 102 valence electrons. The van der Waals surface area contributed by atoms with Gasteiger partial charge in [-0.1, -0.05) is 19.9 Å². The summed E-state index contributed by atoms with van der Waals surface area (Å²) in [5.74, 6) is 0.630. The molecule has 19 heavy (non-hydrogen) atoms. The Morgan fingerprint density at radius 3 is 2.53 bits per heavy atom. The topological polar surface area (TPSA) is 24.9 Å². The molecular weight excluding hydrogens is 232 g/mol. The summed E-state index contributed by atoms with van der Waals surface area (Å²) >= 11 is 0. The molecule has 0 aliphatic rings. The van der Waals surface area contributed by atoms with Crippen LogP contribution in [-0.4, -0.2) is 11.5 Å². The van der Waals surface area contributed by atoms with Gasteiger partial charge in [0, 0.05) is 23.3 Å². The molecule has 2 nitrogen and oxygen atoms in total. The van der Waals surface area contributed by atoms with E-state index in [1.807, 2.05) is 0 Å². The molecule has 0 saturated heterocycles. The first-order chi connectivity index (χ1) is 9.01. The first-order valence-corrected chi connectivity index (χ1v) is 7.16. The molecule has 2 heteroatoms. The van der Waals surface area contributed by atoms with Gasteiger partial charge in [-0.15, -0.1) is 0 Å². The van der Waals surface area contributed by atoms with Gasteiger partial charge in [0.1, 0.15) is 0 Å². The summed E-state index contributed by atoms with van der Waals surface area (Å²) in [4.78, 5) is 4.84. The molecule has 1 aromatic heterocycles. The normalized spacial score (nSPS) is 11.3. The number of aryl methyl sites for hydroxylation is 2. The summed E-state index contributed by atoms with van der Waals surface area (Å²) in [6, 6.07) is 6.63. The van der Waals surface area contributed by atoms with Crippen molar-refractivity contribution < 1.29 is 0 Å². The van der Waals surface area contributed by atoms with Crippen LogP contribution in [0.15, 0.2) is 18.2 Å². The van der Waals surface area contributed by atoms with Crippen LogP contribution in [0.2, 0.25) is 0 Å². The maximum Gasteiger partial charge on any atom is 0.0731 e. The summed E-state index contributed by atoms with van der Waals surface area (Å²) in [5.41, 5.74) is 6.10.